The second-order valence-corrected chi connectivity index (χ2v) is 6.53. The van der Waals surface area contributed by atoms with E-state index in [-0.39, 0.29) is 11.5 Å². The summed E-state index contributed by atoms with van der Waals surface area (Å²) in [5, 5.41) is 0. The molecule has 0 amide bonds. The van der Waals surface area contributed by atoms with Crippen molar-refractivity contribution in [2.75, 3.05) is 7.11 Å². The number of carbonyl (C=O) groups is 1. The highest BCUT2D eigenvalue weighted by Gasteiger charge is 2.12. The first-order valence-electron chi connectivity index (χ1n) is 7.82. The Kier molecular flexibility index (Phi) is 5.51. The maximum atomic E-state index is 13.8. The first-order chi connectivity index (χ1) is 12.2. The zero-order chi connectivity index (χ0) is 17.6. The fourth-order valence-electron chi connectivity index (χ4n) is 2.42. The molecule has 0 saturated heterocycles. The van der Waals surface area contributed by atoms with E-state index < -0.39 is 5.82 Å². The molecule has 3 aromatic carbocycles. The first-order valence-corrected chi connectivity index (χ1v) is 8.81. The minimum Gasteiger partial charge on any atom is -0.494 e. The topological polar surface area (TPSA) is 26.3 Å². The normalized spacial score (nSPS) is 10.5. The van der Waals surface area contributed by atoms with E-state index in [1.54, 1.807) is 30.0 Å². The quantitative estimate of drug-likeness (QED) is 0.441. The number of benzene rings is 3. The SMILES string of the molecule is COc1ccc(C(=O)c2ccc(SCc3ccccc3)cc2)cc1F. The van der Waals surface area contributed by atoms with Crippen molar-refractivity contribution in [3.05, 3.63) is 95.3 Å². The summed E-state index contributed by atoms with van der Waals surface area (Å²) in [6.07, 6.45) is 0. The number of methoxy groups -OCH3 is 1. The summed E-state index contributed by atoms with van der Waals surface area (Å²) in [5.74, 6) is 0.256. The van der Waals surface area contributed by atoms with Crippen LogP contribution in [0, 0.1) is 5.82 Å². The Morgan fingerprint density at radius 2 is 1.64 bits per heavy atom. The van der Waals surface area contributed by atoms with Crippen molar-refractivity contribution in [3.63, 3.8) is 0 Å². The van der Waals surface area contributed by atoms with Crippen LogP contribution in [0.2, 0.25) is 0 Å². The van der Waals surface area contributed by atoms with E-state index in [0.29, 0.717) is 11.1 Å². The van der Waals surface area contributed by atoms with Gasteiger partial charge in [-0.2, -0.15) is 0 Å². The number of rotatable bonds is 6. The van der Waals surface area contributed by atoms with Gasteiger partial charge in [0.25, 0.3) is 0 Å². The predicted octanol–water partition coefficient (Wildman–Crippen LogP) is 5.36. The Morgan fingerprint density at radius 1 is 0.960 bits per heavy atom. The Labute approximate surface area is 150 Å². The van der Waals surface area contributed by atoms with Crippen molar-refractivity contribution in [3.8, 4) is 5.75 Å². The highest BCUT2D eigenvalue weighted by Crippen LogP contribution is 2.24. The number of ketones is 1. The second kappa shape index (κ2) is 7.99. The van der Waals surface area contributed by atoms with Gasteiger partial charge in [0.15, 0.2) is 17.3 Å². The molecule has 0 N–H and O–H groups in total. The molecular formula is C21H17FO2S. The lowest BCUT2D eigenvalue weighted by atomic mass is 10.0. The molecule has 0 saturated carbocycles. The van der Waals surface area contributed by atoms with E-state index in [2.05, 4.69) is 12.1 Å². The molecule has 25 heavy (non-hydrogen) atoms. The summed E-state index contributed by atoms with van der Waals surface area (Å²) in [4.78, 5) is 13.6. The third-order valence-corrected chi connectivity index (χ3v) is 4.86. The van der Waals surface area contributed by atoms with Gasteiger partial charge in [-0.1, -0.05) is 30.3 Å². The van der Waals surface area contributed by atoms with Crippen molar-refractivity contribution in [1.82, 2.24) is 0 Å². The summed E-state index contributed by atoms with van der Waals surface area (Å²) < 4.78 is 18.6. The van der Waals surface area contributed by atoms with Crippen LogP contribution in [0.3, 0.4) is 0 Å². The first kappa shape index (κ1) is 17.2. The number of thioether (sulfide) groups is 1. The summed E-state index contributed by atoms with van der Waals surface area (Å²) in [6.45, 7) is 0. The van der Waals surface area contributed by atoms with Gasteiger partial charge < -0.3 is 4.74 Å². The van der Waals surface area contributed by atoms with Crippen LogP contribution < -0.4 is 4.74 Å². The molecule has 0 aliphatic heterocycles. The molecule has 0 spiro atoms. The van der Waals surface area contributed by atoms with Gasteiger partial charge in [-0.05, 0) is 48.0 Å². The van der Waals surface area contributed by atoms with Gasteiger partial charge in [0.1, 0.15) is 0 Å². The Morgan fingerprint density at radius 3 is 2.28 bits per heavy atom. The highest BCUT2D eigenvalue weighted by atomic mass is 32.2. The summed E-state index contributed by atoms with van der Waals surface area (Å²) in [7, 11) is 1.39. The van der Waals surface area contributed by atoms with Crippen LogP contribution in [0.1, 0.15) is 21.5 Å². The molecule has 3 aromatic rings. The number of halogens is 1. The van der Waals surface area contributed by atoms with E-state index >= 15 is 0 Å². The number of carbonyl (C=O) groups excluding carboxylic acids is 1. The van der Waals surface area contributed by atoms with Crippen molar-refractivity contribution in [1.29, 1.82) is 0 Å². The number of ether oxygens (including phenoxy) is 1. The lowest BCUT2D eigenvalue weighted by molar-refractivity contribution is 0.103. The molecule has 4 heteroatoms. The largest absolute Gasteiger partial charge is 0.494 e. The minimum atomic E-state index is -0.539. The smallest absolute Gasteiger partial charge is 0.193 e. The molecule has 126 valence electrons. The van der Waals surface area contributed by atoms with E-state index in [1.807, 2.05) is 30.3 Å². The molecule has 0 fully saturated rings. The monoisotopic (exact) mass is 352 g/mol. The van der Waals surface area contributed by atoms with Gasteiger partial charge in [-0.3, -0.25) is 4.79 Å². The summed E-state index contributed by atoms with van der Waals surface area (Å²) in [5.41, 5.74) is 2.10. The average molecular weight is 352 g/mol. The molecule has 0 aliphatic rings. The Bertz CT molecular complexity index is 861. The number of hydrogen-bond donors (Lipinski definition) is 0. The third-order valence-electron chi connectivity index (χ3n) is 3.78. The van der Waals surface area contributed by atoms with Crippen LogP contribution in [0.4, 0.5) is 4.39 Å². The fraction of sp³-hybridized carbons (Fsp3) is 0.0952. The minimum absolute atomic E-state index is 0.129. The van der Waals surface area contributed by atoms with Crippen molar-refractivity contribution in [2.24, 2.45) is 0 Å². The lowest BCUT2D eigenvalue weighted by Crippen LogP contribution is -2.02. The van der Waals surface area contributed by atoms with Crippen LogP contribution in [0.15, 0.2) is 77.7 Å². The van der Waals surface area contributed by atoms with Crippen LogP contribution in [0.25, 0.3) is 0 Å². The van der Waals surface area contributed by atoms with Crippen LogP contribution in [-0.4, -0.2) is 12.9 Å². The average Bonchev–Trinajstić information content (AvgIpc) is 2.67. The van der Waals surface area contributed by atoms with Crippen molar-refractivity contribution in [2.45, 2.75) is 10.6 Å². The van der Waals surface area contributed by atoms with Crippen LogP contribution in [-0.2, 0) is 5.75 Å². The van der Waals surface area contributed by atoms with Crippen LogP contribution in [0.5, 0.6) is 5.75 Å². The molecule has 0 unspecified atom stereocenters. The van der Waals surface area contributed by atoms with E-state index in [1.165, 1.54) is 24.8 Å². The summed E-state index contributed by atoms with van der Waals surface area (Å²) in [6, 6.07) is 21.8. The fourth-order valence-corrected chi connectivity index (χ4v) is 3.27. The van der Waals surface area contributed by atoms with E-state index in [0.717, 1.165) is 10.6 Å². The molecule has 0 heterocycles. The van der Waals surface area contributed by atoms with Gasteiger partial charge in [0.2, 0.25) is 0 Å². The van der Waals surface area contributed by atoms with Gasteiger partial charge in [0, 0.05) is 21.8 Å². The lowest BCUT2D eigenvalue weighted by Gasteiger charge is -2.06. The highest BCUT2D eigenvalue weighted by molar-refractivity contribution is 7.98. The molecule has 0 bridgehead atoms. The van der Waals surface area contributed by atoms with Gasteiger partial charge in [-0.25, -0.2) is 4.39 Å². The third kappa shape index (κ3) is 4.28. The zero-order valence-corrected chi connectivity index (χ0v) is 14.6. The molecule has 0 aromatic heterocycles. The number of hydrogen-bond acceptors (Lipinski definition) is 3. The standard InChI is InChI=1S/C21H17FO2S/c1-24-20-12-9-17(13-19(20)22)21(23)16-7-10-18(11-8-16)25-14-15-5-3-2-4-6-15/h2-13H,14H2,1H3. The molecule has 0 atom stereocenters. The summed E-state index contributed by atoms with van der Waals surface area (Å²) >= 11 is 1.71. The van der Waals surface area contributed by atoms with Gasteiger partial charge in [0.05, 0.1) is 7.11 Å². The Balaban J connectivity index is 1.69. The maximum absolute atomic E-state index is 13.8. The van der Waals surface area contributed by atoms with Crippen molar-refractivity contribution < 1.29 is 13.9 Å². The van der Waals surface area contributed by atoms with E-state index in [4.69, 9.17) is 4.74 Å². The molecular weight excluding hydrogens is 335 g/mol. The second-order valence-electron chi connectivity index (χ2n) is 5.48. The van der Waals surface area contributed by atoms with Gasteiger partial charge in [-0.15, -0.1) is 11.8 Å². The molecule has 2 nitrogen and oxygen atoms in total. The maximum Gasteiger partial charge on any atom is 0.193 e. The van der Waals surface area contributed by atoms with Crippen molar-refractivity contribution >= 4 is 17.5 Å². The molecule has 3 rings (SSSR count). The Hall–Kier alpha value is -2.59. The van der Waals surface area contributed by atoms with Gasteiger partial charge >= 0.3 is 0 Å². The van der Waals surface area contributed by atoms with Crippen LogP contribution >= 0.6 is 11.8 Å². The molecule has 0 aliphatic carbocycles. The predicted molar refractivity (Wildman–Crippen MR) is 98.8 cm³/mol. The van der Waals surface area contributed by atoms with E-state index in [9.17, 15) is 9.18 Å². The zero-order valence-electron chi connectivity index (χ0n) is 13.7. The molecule has 0 radical (unpaired) electrons.